The van der Waals surface area contributed by atoms with Gasteiger partial charge in [0.05, 0.1) is 24.8 Å². The number of methoxy groups -OCH3 is 1. The molecule has 0 unspecified atom stereocenters. The first kappa shape index (κ1) is 21.8. The molecule has 0 N–H and O–H groups in total. The van der Waals surface area contributed by atoms with Crippen LogP contribution in [0.3, 0.4) is 0 Å². The Hall–Kier alpha value is -4.73. The van der Waals surface area contributed by atoms with Crippen LogP contribution >= 0.6 is 0 Å². The van der Waals surface area contributed by atoms with E-state index in [-0.39, 0.29) is 23.0 Å². The normalized spacial score (nSPS) is 15.8. The lowest BCUT2D eigenvalue weighted by atomic mass is 9.86. The van der Waals surface area contributed by atoms with Crippen molar-refractivity contribution in [2.75, 3.05) is 7.11 Å². The van der Waals surface area contributed by atoms with E-state index in [1.54, 1.807) is 67.8 Å². The Kier molecular flexibility index (Phi) is 4.79. The summed E-state index contributed by atoms with van der Waals surface area (Å²) in [4.78, 5) is 25.2. The molecule has 0 spiro atoms. The van der Waals surface area contributed by atoms with Crippen molar-refractivity contribution in [2.24, 2.45) is 0 Å². The third kappa shape index (κ3) is 3.07. The van der Waals surface area contributed by atoms with Crippen LogP contribution in [0.5, 0.6) is 5.75 Å². The molecule has 0 fully saturated rings. The summed E-state index contributed by atoms with van der Waals surface area (Å²) in [6, 6.07) is 19.2. The van der Waals surface area contributed by atoms with E-state index < -0.39 is 18.1 Å². The van der Waals surface area contributed by atoms with Crippen LogP contribution in [-0.2, 0) is 0 Å². The Bertz CT molecular complexity index is 1740. The molecule has 4 aromatic rings. The minimum atomic E-state index is -4.51. The van der Waals surface area contributed by atoms with Gasteiger partial charge in [-0.3, -0.25) is 9.36 Å². The van der Waals surface area contributed by atoms with Crippen LogP contribution in [0.25, 0.3) is 11.4 Å². The molecule has 3 aromatic heterocycles. The molecule has 5 heterocycles. The molecule has 6 rings (SSSR count). The number of aromatic nitrogens is 3. The van der Waals surface area contributed by atoms with Gasteiger partial charge < -0.3 is 22.3 Å². The first-order chi connectivity index (χ1) is 17.4. The second kappa shape index (κ2) is 7.91. The first-order valence-corrected chi connectivity index (χ1v) is 11.2. The van der Waals surface area contributed by atoms with Crippen LogP contribution in [0.1, 0.15) is 11.3 Å². The second-order valence-electron chi connectivity index (χ2n) is 8.40. The fourth-order valence-corrected chi connectivity index (χ4v) is 4.86. The van der Waals surface area contributed by atoms with Gasteiger partial charge in [0.15, 0.2) is 0 Å². The minimum Gasteiger partial charge on any atom is -0.497 e. The number of hydrogen-bond acceptors (Lipinski definition) is 3. The monoisotopic (exact) mass is 484 g/mol. The standard InChI is InChI=1S/C26H19BF2N4O3/c1-36-19-10-8-18(9-11-19)26-20-12-14-22(30-16-4-2-6-24(30)34)32(20)27(28,29)33-21(26)13-15-23(33)31-17-5-3-7-25(31)35/h2-17H,1H3. The Balaban J connectivity index is 1.71. The number of allylic oxidation sites excluding steroid dienone is 2. The van der Waals surface area contributed by atoms with Gasteiger partial charge in [-0.2, -0.15) is 4.57 Å². The maximum Gasteiger partial charge on any atom is 0.640 e. The molecule has 0 saturated heterocycles. The Morgan fingerprint density at radius 3 is 2.11 bits per heavy atom. The molecule has 0 amide bonds. The average Bonchev–Trinajstić information content (AvgIpc) is 3.52. The van der Waals surface area contributed by atoms with E-state index in [0.717, 1.165) is 8.96 Å². The summed E-state index contributed by atoms with van der Waals surface area (Å²) in [5, 5.41) is 0. The van der Waals surface area contributed by atoms with E-state index in [0.29, 0.717) is 16.9 Å². The molecule has 10 heteroatoms. The molecule has 7 nitrogen and oxygen atoms in total. The molecule has 0 radical (unpaired) electrons. The number of nitrogens with zero attached hydrogens (tertiary/aromatic N) is 4. The number of benzene rings is 1. The van der Waals surface area contributed by atoms with Crippen LogP contribution < -0.4 is 15.9 Å². The molecule has 0 atom stereocenters. The summed E-state index contributed by atoms with van der Waals surface area (Å²) in [6.45, 7) is -4.51. The average molecular weight is 484 g/mol. The zero-order chi connectivity index (χ0) is 25.0. The lowest BCUT2D eigenvalue weighted by molar-refractivity contribution is -0.363. The topological polar surface area (TPSA) is 61.2 Å². The molecular formula is C26H19BF2N4O3. The van der Waals surface area contributed by atoms with E-state index >= 15 is 8.63 Å². The summed E-state index contributed by atoms with van der Waals surface area (Å²) in [7, 11) is 1.55. The predicted octanol–water partition coefficient (Wildman–Crippen LogP) is 3.33. The van der Waals surface area contributed by atoms with Crippen LogP contribution in [-0.4, -0.2) is 38.0 Å². The van der Waals surface area contributed by atoms with Gasteiger partial charge in [0.1, 0.15) is 5.75 Å². The SMILES string of the molecule is COc1ccc(C2=C3C=CC(n4ccccc4=O)=[N+]3[B-](F)(F)n3c2ccc3-n2ccccc2=O)cc1. The summed E-state index contributed by atoms with van der Waals surface area (Å²) in [6.07, 6.45) is 6.02. The number of ether oxygens (including phenoxy) is 1. The van der Waals surface area contributed by atoms with Crippen molar-refractivity contribution in [2.45, 2.75) is 0 Å². The second-order valence-corrected chi connectivity index (χ2v) is 8.40. The highest BCUT2D eigenvalue weighted by atomic mass is 19.2. The molecule has 0 aliphatic carbocycles. The van der Waals surface area contributed by atoms with Gasteiger partial charge in [-0.05, 0) is 48.0 Å². The van der Waals surface area contributed by atoms with Crippen molar-refractivity contribution in [1.29, 1.82) is 0 Å². The Morgan fingerprint density at radius 1 is 0.806 bits per heavy atom. The summed E-state index contributed by atoms with van der Waals surface area (Å²) in [5.41, 5.74) is 0.861. The van der Waals surface area contributed by atoms with Crippen molar-refractivity contribution < 1.29 is 17.9 Å². The fraction of sp³-hybridized carbons (Fsp3) is 0.0385. The van der Waals surface area contributed by atoms with E-state index in [1.807, 2.05) is 0 Å². The largest absolute Gasteiger partial charge is 0.640 e. The van der Waals surface area contributed by atoms with E-state index in [1.165, 1.54) is 45.8 Å². The highest BCUT2D eigenvalue weighted by Gasteiger charge is 2.50. The van der Waals surface area contributed by atoms with Crippen LogP contribution in [0.2, 0.25) is 0 Å². The first-order valence-electron chi connectivity index (χ1n) is 11.2. The Labute approximate surface area is 203 Å². The van der Waals surface area contributed by atoms with Gasteiger partial charge in [0, 0.05) is 35.7 Å². The summed E-state index contributed by atoms with van der Waals surface area (Å²) >= 11 is 0. The summed E-state index contributed by atoms with van der Waals surface area (Å²) < 4.78 is 42.5. The minimum absolute atomic E-state index is 0.0253. The van der Waals surface area contributed by atoms with E-state index in [4.69, 9.17) is 4.74 Å². The van der Waals surface area contributed by atoms with Crippen molar-refractivity contribution in [3.8, 4) is 11.6 Å². The zero-order valence-corrected chi connectivity index (χ0v) is 19.1. The van der Waals surface area contributed by atoms with Gasteiger partial charge >= 0.3 is 12.5 Å². The number of fused-ring (bicyclic) bond motifs is 2. The quantitative estimate of drug-likeness (QED) is 0.420. The van der Waals surface area contributed by atoms with Crippen LogP contribution in [0.4, 0.5) is 8.63 Å². The highest BCUT2D eigenvalue weighted by Crippen LogP contribution is 2.41. The maximum absolute atomic E-state index is 16.5. The van der Waals surface area contributed by atoms with E-state index in [9.17, 15) is 9.59 Å². The molecule has 0 bridgehead atoms. The molecule has 36 heavy (non-hydrogen) atoms. The van der Waals surface area contributed by atoms with E-state index in [2.05, 4.69) is 0 Å². The van der Waals surface area contributed by atoms with Crippen LogP contribution in [0, 0.1) is 0 Å². The van der Waals surface area contributed by atoms with Crippen molar-refractivity contribution in [3.63, 3.8) is 0 Å². The zero-order valence-electron chi connectivity index (χ0n) is 19.1. The molecular weight excluding hydrogens is 465 g/mol. The Morgan fingerprint density at radius 2 is 1.47 bits per heavy atom. The van der Waals surface area contributed by atoms with Gasteiger partial charge in [-0.25, -0.2) is 4.79 Å². The van der Waals surface area contributed by atoms with Crippen LogP contribution in [0.15, 0.2) is 113 Å². The van der Waals surface area contributed by atoms with Gasteiger partial charge in [-0.15, -0.1) is 0 Å². The smallest absolute Gasteiger partial charge is 0.497 e. The fourth-order valence-electron chi connectivity index (χ4n) is 4.86. The number of rotatable bonds is 3. The van der Waals surface area contributed by atoms with Crippen molar-refractivity contribution in [3.05, 3.63) is 135 Å². The van der Waals surface area contributed by atoms with Gasteiger partial charge in [0.25, 0.3) is 5.56 Å². The summed E-state index contributed by atoms with van der Waals surface area (Å²) in [5.74, 6) is 0.679. The number of hydrogen-bond donors (Lipinski definition) is 0. The third-order valence-electron chi connectivity index (χ3n) is 6.44. The number of pyridine rings is 2. The molecule has 2 aliphatic rings. The predicted molar refractivity (Wildman–Crippen MR) is 133 cm³/mol. The lowest BCUT2D eigenvalue weighted by Gasteiger charge is -2.36. The molecule has 1 aromatic carbocycles. The van der Waals surface area contributed by atoms with Crippen molar-refractivity contribution >= 4 is 18.4 Å². The van der Waals surface area contributed by atoms with Crippen molar-refractivity contribution in [1.82, 2.24) is 13.6 Å². The maximum atomic E-state index is 16.5. The third-order valence-corrected chi connectivity index (χ3v) is 6.44. The number of halogens is 2. The van der Waals surface area contributed by atoms with Gasteiger partial charge in [-0.1, -0.05) is 24.3 Å². The molecule has 0 saturated carbocycles. The lowest BCUT2D eigenvalue weighted by Crippen LogP contribution is -2.53. The molecule has 178 valence electrons. The highest BCUT2D eigenvalue weighted by molar-refractivity contribution is 6.58. The molecule has 2 aliphatic heterocycles. The van der Waals surface area contributed by atoms with Gasteiger partial charge in [0.2, 0.25) is 5.84 Å².